The SMILES string of the molecule is CCOC(=O)COc1c(C)cc(N/N=C(\C#N)C(=N)N)cc1C. The lowest BCUT2D eigenvalue weighted by atomic mass is 10.1. The van der Waals surface area contributed by atoms with E-state index < -0.39 is 11.8 Å². The Morgan fingerprint density at radius 3 is 2.52 bits per heavy atom. The van der Waals surface area contributed by atoms with Gasteiger partial charge in [0.25, 0.3) is 0 Å². The van der Waals surface area contributed by atoms with Crippen LogP contribution in [-0.4, -0.2) is 30.7 Å². The lowest BCUT2D eigenvalue weighted by molar-refractivity contribution is -0.145. The van der Waals surface area contributed by atoms with Crippen LogP contribution in [0.1, 0.15) is 18.1 Å². The topological polar surface area (TPSA) is 134 Å². The van der Waals surface area contributed by atoms with Gasteiger partial charge in [0.05, 0.1) is 12.3 Å². The summed E-state index contributed by atoms with van der Waals surface area (Å²) in [6, 6.07) is 5.20. The van der Waals surface area contributed by atoms with E-state index in [9.17, 15) is 4.79 Å². The summed E-state index contributed by atoms with van der Waals surface area (Å²) in [5.74, 6) is -0.263. The number of esters is 1. The average Bonchev–Trinajstić information content (AvgIpc) is 2.47. The fraction of sp³-hybridized carbons (Fsp3) is 0.333. The number of ether oxygens (including phenoxy) is 2. The van der Waals surface area contributed by atoms with Crippen molar-refractivity contribution in [3.63, 3.8) is 0 Å². The third kappa shape index (κ3) is 5.32. The van der Waals surface area contributed by atoms with E-state index in [2.05, 4.69) is 10.5 Å². The first-order valence-corrected chi connectivity index (χ1v) is 6.86. The van der Waals surface area contributed by atoms with Crippen molar-refractivity contribution in [2.45, 2.75) is 20.8 Å². The Labute approximate surface area is 134 Å². The van der Waals surface area contributed by atoms with Crippen molar-refractivity contribution in [1.82, 2.24) is 0 Å². The van der Waals surface area contributed by atoms with E-state index in [0.717, 1.165) is 11.1 Å². The molecule has 23 heavy (non-hydrogen) atoms. The van der Waals surface area contributed by atoms with Gasteiger partial charge in [-0.1, -0.05) is 0 Å². The third-order valence-electron chi connectivity index (χ3n) is 2.76. The Morgan fingerprint density at radius 1 is 1.43 bits per heavy atom. The van der Waals surface area contributed by atoms with Crippen molar-refractivity contribution in [2.75, 3.05) is 18.6 Å². The molecule has 0 bridgehead atoms. The third-order valence-corrected chi connectivity index (χ3v) is 2.76. The number of rotatable bonds is 7. The van der Waals surface area contributed by atoms with Gasteiger partial charge in [0.2, 0.25) is 5.71 Å². The van der Waals surface area contributed by atoms with E-state index in [0.29, 0.717) is 18.0 Å². The largest absolute Gasteiger partial charge is 0.481 e. The van der Waals surface area contributed by atoms with Crippen molar-refractivity contribution >= 4 is 23.2 Å². The summed E-state index contributed by atoms with van der Waals surface area (Å²) in [6.45, 7) is 5.50. The Bertz CT molecular complexity index is 653. The summed E-state index contributed by atoms with van der Waals surface area (Å²) >= 11 is 0. The summed E-state index contributed by atoms with van der Waals surface area (Å²) in [7, 11) is 0. The highest BCUT2D eigenvalue weighted by atomic mass is 16.6. The number of nitriles is 1. The molecular formula is C15H19N5O3. The molecule has 0 aliphatic heterocycles. The lowest BCUT2D eigenvalue weighted by Crippen LogP contribution is -2.21. The molecule has 0 saturated carbocycles. The molecule has 8 nitrogen and oxygen atoms in total. The number of aryl methyl sites for hydroxylation is 2. The number of nitrogens with one attached hydrogen (secondary N) is 2. The van der Waals surface area contributed by atoms with Gasteiger partial charge in [-0.05, 0) is 44.0 Å². The van der Waals surface area contributed by atoms with Gasteiger partial charge in [-0.3, -0.25) is 10.8 Å². The van der Waals surface area contributed by atoms with Gasteiger partial charge >= 0.3 is 5.97 Å². The molecule has 0 saturated heterocycles. The average molecular weight is 317 g/mol. The van der Waals surface area contributed by atoms with E-state index in [-0.39, 0.29) is 12.3 Å². The molecular weight excluding hydrogens is 298 g/mol. The molecule has 0 heterocycles. The summed E-state index contributed by atoms with van der Waals surface area (Å²) in [5, 5.41) is 19.7. The second-order valence-electron chi connectivity index (χ2n) is 4.63. The maximum absolute atomic E-state index is 11.3. The number of carbonyl (C=O) groups excluding carboxylic acids is 1. The van der Waals surface area contributed by atoms with Gasteiger partial charge < -0.3 is 15.2 Å². The predicted molar refractivity (Wildman–Crippen MR) is 86.6 cm³/mol. The van der Waals surface area contributed by atoms with Gasteiger partial charge in [0.1, 0.15) is 11.8 Å². The van der Waals surface area contributed by atoms with Crippen LogP contribution in [0.3, 0.4) is 0 Å². The number of hydrogen-bond donors (Lipinski definition) is 3. The molecule has 0 radical (unpaired) electrons. The summed E-state index contributed by atoms with van der Waals surface area (Å²) in [4.78, 5) is 11.3. The number of benzene rings is 1. The van der Waals surface area contributed by atoms with Crippen LogP contribution in [0.4, 0.5) is 5.69 Å². The minimum absolute atomic E-state index is 0.163. The maximum Gasteiger partial charge on any atom is 0.344 e. The van der Waals surface area contributed by atoms with E-state index >= 15 is 0 Å². The van der Waals surface area contributed by atoms with Crippen LogP contribution in [0.15, 0.2) is 17.2 Å². The second-order valence-corrected chi connectivity index (χ2v) is 4.63. The molecule has 8 heteroatoms. The molecule has 0 amide bonds. The second kappa shape index (κ2) is 8.38. The molecule has 0 atom stereocenters. The minimum Gasteiger partial charge on any atom is -0.481 e. The molecule has 1 rings (SSSR count). The zero-order valence-corrected chi connectivity index (χ0v) is 13.3. The highest BCUT2D eigenvalue weighted by Gasteiger charge is 2.10. The highest BCUT2D eigenvalue weighted by Crippen LogP contribution is 2.27. The molecule has 122 valence electrons. The van der Waals surface area contributed by atoms with Crippen LogP contribution in [-0.2, 0) is 9.53 Å². The van der Waals surface area contributed by atoms with Crippen molar-refractivity contribution in [1.29, 1.82) is 10.7 Å². The molecule has 0 aromatic heterocycles. The molecule has 4 N–H and O–H groups in total. The highest BCUT2D eigenvalue weighted by molar-refractivity contribution is 6.45. The first-order valence-electron chi connectivity index (χ1n) is 6.86. The molecule has 0 aliphatic carbocycles. The van der Waals surface area contributed by atoms with Gasteiger partial charge in [-0.15, -0.1) is 0 Å². The van der Waals surface area contributed by atoms with Gasteiger partial charge in [0.15, 0.2) is 12.4 Å². The fourth-order valence-electron chi connectivity index (χ4n) is 1.84. The monoisotopic (exact) mass is 317 g/mol. The van der Waals surface area contributed by atoms with Crippen molar-refractivity contribution < 1.29 is 14.3 Å². The van der Waals surface area contributed by atoms with E-state index in [4.69, 9.17) is 25.9 Å². The number of amidine groups is 1. The first kappa shape index (κ1) is 18.0. The van der Waals surface area contributed by atoms with Crippen LogP contribution >= 0.6 is 0 Å². The Morgan fingerprint density at radius 2 is 2.04 bits per heavy atom. The Hall–Kier alpha value is -3.08. The number of hydrazone groups is 1. The molecule has 0 unspecified atom stereocenters. The van der Waals surface area contributed by atoms with Crippen molar-refractivity contribution in [3.8, 4) is 11.8 Å². The van der Waals surface area contributed by atoms with Crippen LogP contribution in [0.25, 0.3) is 0 Å². The van der Waals surface area contributed by atoms with Crippen molar-refractivity contribution in [3.05, 3.63) is 23.3 Å². The van der Waals surface area contributed by atoms with Gasteiger partial charge in [-0.25, -0.2) is 4.79 Å². The summed E-state index contributed by atoms with van der Waals surface area (Å²) in [5.41, 5.74) is 9.86. The molecule has 1 aromatic carbocycles. The smallest absolute Gasteiger partial charge is 0.344 e. The van der Waals surface area contributed by atoms with Crippen LogP contribution in [0.2, 0.25) is 0 Å². The van der Waals surface area contributed by atoms with E-state index in [1.807, 2.05) is 13.8 Å². The number of nitrogens with two attached hydrogens (primary N) is 1. The number of hydrogen-bond acceptors (Lipinski definition) is 7. The molecule has 0 fully saturated rings. The predicted octanol–water partition coefficient (Wildman–Crippen LogP) is 1.47. The number of nitrogens with zero attached hydrogens (tertiary/aromatic N) is 2. The van der Waals surface area contributed by atoms with Crippen molar-refractivity contribution in [2.24, 2.45) is 10.8 Å². The Kier molecular flexibility index (Phi) is 6.55. The van der Waals surface area contributed by atoms with E-state index in [1.165, 1.54) is 0 Å². The first-order chi connectivity index (χ1) is 10.9. The Balaban J connectivity index is 2.87. The molecule has 0 aliphatic rings. The molecule has 1 aromatic rings. The van der Waals surface area contributed by atoms with Crippen LogP contribution < -0.4 is 15.9 Å². The summed E-state index contributed by atoms with van der Waals surface area (Å²) < 4.78 is 10.3. The standard InChI is InChI=1S/C15H19N5O3/c1-4-22-13(21)8-23-14-9(2)5-11(6-10(14)3)19-20-12(7-16)15(17)18/h5-6,19H,4,8H2,1-3H3,(H3,17,18)/b20-12+. The van der Waals surface area contributed by atoms with E-state index in [1.54, 1.807) is 25.1 Å². The molecule has 0 spiro atoms. The zero-order valence-electron chi connectivity index (χ0n) is 13.3. The van der Waals surface area contributed by atoms with Crippen LogP contribution in [0, 0.1) is 30.6 Å². The lowest BCUT2D eigenvalue weighted by Gasteiger charge is -2.13. The van der Waals surface area contributed by atoms with Gasteiger partial charge in [0, 0.05) is 0 Å². The maximum atomic E-state index is 11.3. The quantitative estimate of drug-likeness (QED) is 0.302. The normalized spacial score (nSPS) is 10.6. The zero-order chi connectivity index (χ0) is 17.4. The number of carbonyl (C=O) groups is 1. The van der Waals surface area contributed by atoms with Crippen LogP contribution in [0.5, 0.6) is 5.75 Å². The minimum atomic E-state index is -0.432. The fourth-order valence-corrected chi connectivity index (χ4v) is 1.84. The summed E-state index contributed by atoms with van der Waals surface area (Å²) in [6.07, 6.45) is 0. The number of anilines is 1. The van der Waals surface area contributed by atoms with Gasteiger partial charge in [-0.2, -0.15) is 10.4 Å².